The molecule has 4 aliphatic carbocycles. The Bertz CT molecular complexity index is 848. The highest BCUT2D eigenvalue weighted by Gasteiger charge is 2.59. The molecule has 4 nitrogen and oxygen atoms in total. The van der Waals surface area contributed by atoms with Crippen molar-refractivity contribution >= 4 is 5.91 Å². The van der Waals surface area contributed by atoms with Crippen LogP contribution in [0.3, 0.4) is 0 Å². The summed E-state index contributed by atoms with van der Waals surface area (Å²) in [7, 11) is 1.81. The topological polar surface area (TPSA) is 49.8 Å². The third-order valence-electron chi connectivity index (χ3n) is 12.6. The lowest BCUT2D eigenvalue weighted by Gasteiger charge is -2.58. The fourth-order valence-electron chi connectivity index (χ4n) is 10.2. The van der Waals surface area contributed by atoms with Crippen molar-refractivity contribution < 1.29 is 14.6 Å². The van der Waals surface area contributed by atoms with Crippen molar-refractivity contribution in [2.45, 2.75) is 123 Å². The van der Waals surface area contributed by atoms with E-state index in [2.05, 4.69) is 38.7 Å². The molecule has 1 heterocycles. The van der Waals surface area contributed by atoms with Gasteiger partial charge in [0.15, 0.2) is 0 Å². The second-order valence-corrected chi connectivity index (χ2v) is 14.1. The van der Waals surface area contributed by atoms with E-state index in [0.717, 1.165) is 75.3 Å². The number of allylic oxidation sites excluding steroid dienone is 1. The van der Waals surface area contributed by atoms with Gasteiger partial charge in [-0.3, -0.25) is 4.79 Å². The first kappa shape index (κ1) is 26.7. The molecule has 9 atom stereocenters. The van der Waals surface area contributed by atoms with Crippen molar-refractivity contribution in [2.75, 3.05) is 20.2 Å². The first-order chi connectivity index (χ1) is 17.2. The predicted molar refractivity (Wildman–Crippen MR) is 145 cm³/mol. The van der Waals surface area contributed by atoms with Crippen molar-refractivity contribution in [1.29, 1.82) is 0 Å². The molecule has 0 spiro atoms. The van der Waals surface area contributed by atoms with Crippen LogP contribution < -0.4 is 0 Å². The maximum atomic E-state index is 13.2. The Balaban J connectivity index is 1.22. The van der Waals surface area contributed by atoms with Crippen LogP contribution in [-0.2, 0) is 9.53 Å². The Morgan fingerprint density at radius 1 is 1.17 bits per heavy atom. The van der Waals surface area contributed by atoms with Gasteiger partial charge in [0.25, 0.3) is 0 Å². The van der Waals surface area contributed by atoms with E-state index < -0.39 is 0 Å². The molecule has 5 aliphatic rings. The molecule has 0 unspecified atom stereocenters. The summed E-state index contributed by atoms with van der Waals surface area (Å²) in [4.78, 5) is 15.3. The van der Waals surface area contributed by atoms with Crippen molar-refractivity contribution in [3.63, 3.8) is 0 Å². The van der Waals surface area contributed by atoms with Crippen LogP contribution in [0.4, 0.5) is 0 Å². The first-order valence-corrected chi connectivity index (χ1v) is 15.4. The maximum Gasteiger partial charge on any atom is 0.222 e. The van der Waals surface area contributed by atoms with Gasteiger partial charge in [-0.05, 0) is 117 Å². The van der Waals surface area contributed by atoms with Crippen molar-refractivity contribution in [1.82, 2.24) is 4.90 Å². The average Bonchev–Trinajstić information content (AvgIpc) is 3.24. The zero-order chi connectivity index (χ0) is 25.7. The van der Waals surface area contributed by atoms with E-state index in [1.807, 2.05) is 7.11 Å². The molecule has 1 amide bonds. The second-order valence-electron chi connectivity index (χ2n) is 14.1. The lowest BCUT2D eigenvalue weighted by molar-refractivity contribution is -0.141. The summed E-state index contributed by atoms with van der Waals surface area (Å²) in [6, 6.07) is 0. The smallest absolute Gasteiger partial charge is 0.222 e. The van der Waals surface area contributed by atoms with E-state index in [1.165, 1.54) is 38.5 Å². The van der Waals surface area contributed by atoms with E-state index >= 15 is 0 Å². The molecule has 1 saturated heterocycles. The number of rotatable bonds is 6. The number of aliphatic hydroxyl groups is 1. The quantitative estimate of drug-likeness (QED) is 0.411. The molecule has 0 aromatic rings. The fraction of sp³-hybridized carbons (Fsp3) is 0.906. The molecule has 0 radical (unpaired) electrons. The summed E-state index contributed by atoms with van der Waals surface area (Å²) >= 11 is 0. The molecule has 4 heteroatoms. The highest BCUT2D eigenvalue weighted by Crippen LogP contribution is 2.67. The summed E-state index contributed by atoms with van der Waals surface area (Å²) in [5, 5.41) is 10.3. The zero-order valence-electron chi connectivity index (χ0n) is 23.9. The predicted octanol–water partition coefficient (Wildman–Crippen LogP) is 6.76. The SMILES string of the molecule is CC[C@@]1(OC)CCCN(C(=O)CC[C@@H](C)[C@H]2CC[C@H]3[C@@H]4CC=C5C[C@@H](O)CC[C@]5(C)[C@H]4CC[C@]23C)C1. The van der Waals surface area contributed by atoms with Crippen LogP contribution in [0.25, 0.3) is 0 Å². The van der Waals surface area contributed by atoms with E-state index in [-0.39, 0.29) is 11.7 Å². The Hall–Kier alpha value is -0.870. The number of piperidine rings is 1. The average molecular weight is 500 g/mol. The Morgan fingerprint density at radius 2 is 1.97 bits per heavy atom. The third kappa shape index (κ3) is 4.40. The molecule has 0 bridgehead atoms. The fourth-order valence-corrected chi connectivity index (χ4v) is 10.2. The number of aliphatic hydroxyl groups excluding tert-OH is 1. The zero-order valence-corrected chi connectivity index (χ0v) is 23.9. The Kier molecular flexibility index (Phi) is 7.44. The molecule has 36 heavy (non-hydrogen) atoms. The summed E-state index contributed by atoms with van der Waals surface area (Å²) in [6.45, 7) is 11.5. The number of hydrogen-bond donors (Lipinski definition) is 1. The number of ether oxygens (including phenoxy) is 1. The van der Waals surface area contributed by atoms with Gasteiger partial charge in [0.05, 0.1) is 11.7 Å². The summed E-state index contributed by atoms with van der Waals surface area (Å²) in [6.07, 6.45) is 17.0. The second kappa shape index (κ2) is 10.0. The Morgan fingerprint density at radius 3 is 2.72 bits per heavy atom. The van der Waals surface area contributed by atoms with Crippen LogP contribution in [-0.4, -0.2) is 47.8 Å². The largest absolute Gasteiger partial charge is 0.393 e. The van der Waals surface area contributed by atoms with Crippen LogP contribution in [0, 0.1) is 40.4 Å². The molecule has 1 aliphatic heterocycles. The molecule has 4 fully saturated rings. The van der Waals surface area contributed by atoms with E-state index in [4.69, 9.17) is 4.74 Å². The van der Waals surface area contributed by atoms with Gasteiger partial charge in [0.2, 0.25) is 5.91 Å². The molecule has 204 valence electrons. The molecule has 3 saturated carbocycles. The lowest BCUT2D eigenvalue weighted by atomic mass is 9.47. The van der Waals surface area contributed by atoms with Crippen molar-refractivity contribution in [3.05, 3.63) is 11.6 Å². The van der Waals surface area contributed by atoms with Crippen LogP contribution in [0.15, 0.2) is 11.6 Å². The minimum absolute atomic E-state index is 0.119. The summed E-state index contributed by atoms with van der Waals surface area (Å²) < 4.78 is 5.87. The summed E-state index contributed by atoms with van der Waals surface area (Å²) in [5.74, 6) is 4.15. The maximum absolute atomic E-state index is 13.2. The van der Waals surface area contributed by atoms with Crippen LogP contribution in [0.2, 0.25) is 0 Å². The lowest BCUT2D eigenvalue weighted by Crippen LogP contribution is -2.51. The number of likely N-dealkylation sites (tertiary alicyclic amines) is 1. The normalized spacial score (nSPS) is 45.3. The van der Waals surface area contributed by atoms with Gasteiger partial charge in [-0.1, -0.05) is 39.3 Å². The third-order valence-corrected chi connectivity index (χ3v) is 12.6. The molecule has 0 aromatic carbocycles. The van der Waals surface area contributed by atoms with E-state index in [0.29, 0.717) is 29.1 Å². The first-order valence-electron chi connectivity index (χ1n) is 15.4. The van der Waals surface area contributed by atoms with Gasteiger partial charge in [-0.15, -0.1) is 0 Å². The number of carbonyl (C=O) groups excluding carboxylic acids is 1. The van der Waals surface area contributed by atoms with Gasteiger partial charge < -0.3 is 14.7 Å². The van der Waals surface area contributed by atoms with Gasteiger partial charge in [-0.2, -0.15) is 0 Å². The van der Waals surface area contributed by atoms with Gasteiger partial charge >= 0.3 is 0 Å². The van der Waals surface area contributed by atoms with E-state index in [9.17, 15) is 9.90 Å². The van der Waals surface area contributed by atoms with Gasteiger partial charge in [-0.25, -0.2) is 0 Å². The Labute approximate surface area is 220 Å². The number of amides is 1. The minimum atomic E-state index is -0.133. The number of methoxy groups -OCH3 is 1. The van der Waals surface area contributed by atoms with Gasteiger partial charge in [0.1, 0.15) is 0 Å². The van der Waals surface area contributed by atoms with Crippen LogP contribution in [0.5, 0.6) is 0 Å². The highest BCUT2D eigenvalue weighted by molar-refractivity contribution is 5.76. The van der Waals surface area contributed by atoms with Crippen molar-refractivity contribution in [3.8, 4) is 0 Å². The number of carbonyl (C=O) groups is 1. The van der Waals surface area contributed by atoms with Crippen molar-refractivity contribution in [2.24, 2.45) is 40.4 Å². The number of nitrogens with zero attached hydrogens (tertiary/aromatic N) is 1. The van der Waals surface area contributed by atoms with Gasteiger partial charge in [0, 0.05) is 26.6 Å². The van der Waals surface area contributed by atoms with E-state index in [1.54, 1.807) is 5.57 Å². The van der Waals surface area contributed by atoms with Crippen LogP contribution >= 0.6 is 0 Å². The monoisotopic (exact) mass is 499 g/mol. The number of hydrogen-bond acceptors (Lipinski definition) is 3. The molecule has 1 N–H and O–H groups in total. The highest BCUT2D eigenvalue weighted by atomic mass is 16.5. The molecular weight excluding hydrogens is 446 g/mol. The number of fused-ring (bicyclic) bond motifs is 5. The summed E-state index contributed by atoms with van der Waals surface area (Å²) in [5.41, 5.74) is 2.19. The van der Waals surface area contributed by atoms with Crippen LogP contribution in [0.1, 0.15) is 111 Å². The minimum Gasteiger partial charge on any atom is -0.393 e. The standard InChI is InChI=1S/C32H53NO3/c1-6-32(36-5)16-7-19-33(21-32)29(35)13-8-22(2)26-11-12-27-25-10-9-23-20-24(34)14-17-30(23,3)28(25)15-18-31(26,27)4/h9,22,24-28,34H,6-8,10-21H2,1-5H3/t22-,24+,25+,26-,27+,28+,30+,31-,32-/m1/s1. The molecule has 5 rings (SSSR count). The molecule has 0 aromatic heterocycles. The molecular formula is C32H53NO3.